The molecule has 6 heteroatoms. The smallest absolute Gasteiger partial charge is 0.150 e. The second kappa shape index (κ2) is 5.39. The van der Waals surface area contributed by atoms with Crippen LogP contribution in [-0.2, 0) is 13.1 Å². The number of aryl methyl sites for hydroxylation is 2. The second-order valence-corrected chi connectivity index (χ2v) is 5.10. The van der Waals surface area contributed by atoms with Gasteiger partial charge in [0.1, 0.15) is 0 Å². The second-order valence-electron chi connectivity index (χ2n) is 4.38. The maximum absolute atomic E-state index is 6.12. The number of nitrogens with two attached hydrogens (primary N) is 1. The summed E-state index contributed by atoms with van der Waals surface area (Å²) in [4.78, 5) is 6.41. The molecule has 2 heterocycles. The molecular formula is C12H19N5S. The third-order valence-electron chi connectivity index (χ3n) is 2.83. The lowest BCUT2D eigenvalue weighted by molar-refractivity contribution is 0.590. The molecule has 0 aliphatic heterocycles. The van der Waals surface area contributed by atoms with Crippen LogP contribution in [-0.4, -0.2) is 21.8 Å². The van der Waals surface area contributed by atoms with Crippen molar-refractivity contribution >= 4 is 22.8 Å². The molecule has 0 aromatic carbocycles. The van der Waals surface area contributed by atoms with Crippen molar-refractivity contribution in [2.75, 3.05) is 17.7 Å². The summed E-state index contributed by atoms with van der Waals surface area (Å²) in [5, 5.41) is 6.54. The molecule has 0 radical (unpaired) electrons. The van der Waals surface area contributed by atoms with Gasteiger partial charge in [-0.15, -0.1) is 11.3 Å². The van der Waals surface area contributed by atoms with Gasteiger partial charge in [-0.3, -0.25) is 0 Å². The van der Waals surface area contributed by atoms with Gasteiger partial charge in [0.05, 0.1) is 29.1 Å². The van der Waals surface area contributed by atoms with Gasteiger partial charge in [-0.25, -0.2) is 9.67 Å². The summed E-state index contributed by atoms with van der Waals surface area (Å²) in [5.41, 5.74) is 10.7. The van der Waals surface area contributed by atoms with E-state index in [2.05, 4.69) is 27.3 Å². The van der Waals surface area contributed by atoms with Crippen molar-refractivity contribution in [3.05, 3.63) is 22.3 Å². The van der Waals surface area contributed by atoms with Gasteiger partial charge < -0.3 is 10.6 Å². The summed E-state index contributed by atoms with van der Waals surface area (Å²) in [6, 6.07) is 0. The van der Waals surface area contributed by atoms with Crippen molar-refractivity contribution in [2.45, 2.75) is 33.4 Å². The molecule has 0 bridgehead atoms. The molecule has 2 N–H and O–H groups in total. The molecule has 0 aliphatic carbocycles. The summed E-state index contributed by atoms with van der Waals surface area (Å²) in [7, 11) is 2.03. The Hall–Kier alpha value is -1.56. The quantitative estimate of drug-likeness (QED) is 0.901. The zero-order valence-corrected chi connectivity index (χ0v) is 11.9. The van der Waals surface area contributed by atoms with Crippen LogP contribution in [0.3, 0.4) is 0 Å². The Morgan fingerprint density at radius 2 is 2.28 bits per heavy atom. The Kier molecular flexibility index (Phi) is 3.86. The molecule has 2 rings (SSSR count). The zero-order valence-electron chi connectivity index (χ0n) is 11.1. The molecule has 0 amide bonds. The minimum absolute atomic E-state index is 0.753. The fourth-order valence-corrected chi connectivity index (χ4v) is 2.54. The molecule has 0 aliphatic rings. The molecule has 0 fully saturated rings. The lowest BCUT2D eigenvalue weighted by Gasteiger charge is -2.20. The van der Waals surface area contributed by atoms with Crippen LogP contribution in [0.5, 0.6) is 0 Å². The molecular weight excluding hydrogens is 246 g/mol. The average molecular weight is 265 g/mol. The largest absolute Gasteiger partial charge is 0.394 e. The number of thiazole rings is 1. The Labute approximate surface area is 111 Å². The first kappa shape index (κ1) is 12.9. The van der Waals surface area contributed by atoms with E-state index < -0.39 is 0 Å². The van der Waals surface area contributed by atoms with Crippen LogP contribution < -0.4 is 10.6 Å². The van der Waals surface area contributed by atoms with Crippen molar-refractivity contribution < 1.29 is 0 Å². The van der Waals surface area contributed by atoms with Gasteiger partial charge >= 0.3 is 0 Å². The Morgan fingerprint density at radius 3 is 2.89 bits per heavy atom. The van der Waals surface area contributed by atoms with Crippen LogP contribution in [0.1, 0.15) is 24.7 Å². The van der Waals surface area contributed by atoms with Crippen LogP contribution in [0.15, 0.2) is 10.9 Å². The fourth-order valence-electron chi connectivity index (χ4n) is 1.99. The van der Waals surface area contributed by atoms with Gasteiger partial charge in [0.2, 0.25) is 0 Å². The van der Waals surface area contributed by atoms with Gasteiger partial charge in [0, 0.05) is 19.0 Å². The van der Waals surface area contributed by atoms with Gasteiger partial charge in [0.25, 0.3) is 0 Å². The highest BCUT2D eigenvalue weighted by atomic mass is 32.1. The molecule has 0 saturated heterocycles. The SMILES string of the molecule is CCCn1nc(C)c(N)c1N(C)Cc1cscn1. The van der Waals surface area contributed by atoms with Gasteiger partial charge in [-0.1, -0.05) is 6.92 Å². The number of rotatable bonds is 5. The van der Waals surface area contributed by atoms with E-state index in [0.29, 0.717) is 0 Å². The summed E-state index contributed by atoms with van der Waals surface area (Å²) < 4.78 is 1.98. The van der Waals surface area contributed by atoms with Crippen molar-refractivity contribution in [3.8, 4) is 0 Å². The molecule has 0 saturated carbocycles. The molecule has 2 aromatic heterocycles. The van der Waals surface area contributed by atoms with E-state index in [1.165, 1.54) is 0 Å². The molecule has 0 unspecified atom stereocenters. The maximum atomic E-state index is 6.12. The number of anilines is 2. The highest BCUT2D eigenvalue weighted by Gasteiger charge is 2.16. The minimum Gasteiger partial charge on any atom is -0.394 e. The van der Waals surface area contributed by atoms with E-state index in [9.17, 15) is 0 Å². The van der Waals surface area contributed by atoms with Crippen LogP contribution in [0.25, 0.3) is 0 Å². The van der Waals surface area contributed by atoms with E-state index >= 15 is 0 Å². The maximum Gasteiger partial charge on any atom is 0.150 e. The van der Waals surface area contributed by atoms with Crippen LogP contribution in [0, 0.1) is 6.92 Å². The highest BCUT2D eigenvalue weighted by molar-refractivity contribution is 7.07. The number of hydrogen-bond acceptors (Lipinski definition) is 5. The van der Waals surface area contributed by atoms with Crippen LogP contribution in [0.4, 0.5) is 11.5 Å². The number of hydrogen-bond donors (Lipinski definition) is 1. The van der Waals surface area contributed by atoms with Gasteiger partial charge in [-0.05, 0) is 13.3 Å². The number of nitrogen functional groups attached to an aromatic ring is 1. The van der Waals surface area contributed by atoms with Gasteiger partial charge in [-0.2, -0.15) is 5.10 Å². The molecule has 5 nitrogen and oxygen atoms in total. The Morgan fingerprint density at radius 1 is 1.50 bits per heavy atom. The standard InChI is InChI=1S/C12H19N5S/c1-4-5-17-12(11(13)9(2)15-17)16(3)6-10-7-18-8-14-10/h7-8H,4-6,13H2,1-3H3. The first-order valence-electron chi connectivity index (χ1n) is 6.04. The normalized spacial score (nSPS) is 10.8. The zero-order chi connectivity index (χ0) is 13.1. The van der Waals surface area contributed by atoms with Crippen molar-refractivity contribution in [2.24, 2.45) is 0 Å². The predicted molar refractivity (Wildman–Crippen MR) is 75.9 cm³/mol. The predicted octanol–water partition coefficient (Wildman–Crippen LogP) is 2.28. The van der Waals surface area contributed by atoms with E-state index in [0.717, 1.165) is 42.4 Å². The summed E-state index contributed by atoms with van der Waals surface area (Å²) >= 11 is 1.61. The Balaban J connectivity index is 2.25. The minimum atomic E-state index is 0.753. The van der Waals surface area contributed by atoms with E-state index in [1.54, 1.807) is 11.3 Å². The molecule has 18 heavy (non-hydrogen) atoms. The van der Waals surface area contributed by atoms with Gasteiger partial charge in [0.15, 0.2) is 5.82 Å². The van der Waals surface area contributed by atoms with Crippen molar-refractivity contribution in [3.63, 3.8) is 0 Å². The van der Waals surface area contributed by atoms with Crippen LogP contribution in [0.2, 0.25) is 0 Å². The molecule has 0 atom stereocenters. The third kappa shape index (κ3) is 2.48. The highest BCUT2D eigenvalue weighted by Crippen LogP contribution is 2.26. The molecule has 2 aromatic rings. The summed E-state index contributed by atoms with van der Waals surface area (Å²) in [6.45, 7) is 5.72. The summed E-state index contributed by atoms with van der Waals surface area (Å²) in [6.07, 6.45) is 1.04. The first-order valence-corrected chi connectivity index (χ1v) is 6.98. The first-order chi connectivity index (χ1) is 8.63. The van der Waals surface area contributed by atoms with Crippen molar-refractivity contribution in [1.29, 1.82) is 0 Å². The molecule has 0 spiro atoms. The number of nitrogens with zero attached hydrogens (tertiary/aromatic N) is 4. The van der Waals surface area contributed by atoms with Crippen molar-refractivity contribution in [1.82, 2.24) is 14.8 Å². The topological polar surface area (TPSA) is 60.0 Å². The monoisotopic (exact) mass is 265 g/mol. The van der Waals surface area contributed by atoms with E-state index in [-0.39, 0.29) is 0 Å². The van der Waals surface area contributed by atoms with E-state index in [4.69, 9.17) is 5.73 Å². The Bertz CT molecular complexity index is 503. The number of aromatic nitrogens is 3. The third-order valence-corrected chi connectivity index (χ3v) is 3.46. The summed E-state index contributed by atoms with van der Waals surface area (Å²) in [5.74, 6) is 0.988. The fraction of sp³-hybridized carbons (Fsp3) is 0.500. The van der Waals surface area contributed by atoms with Crippen LogP contribution >= 0.6 is 11.3 Å². The lowest BCUT2D eigenvalue weighted by atomic mass is 10.3. The average Bonchev–Trinajstić information content (AvgIpc) is 2.90. The lowest BCUT2D eigenvalue weighted by Crippen LogP contribution is -2.21. The van der Waals surface area contributed by atoms with E-state index in [1.807, 2.05) is 24.2 Å². The molecule has 98 valence electrons.